The van der Waals surface area contributed by atoms with Gasteiger partial charge in [0.15, 0.2) is 0 Å². The first-order valence-electron chi connectivity index (χ1n) is 9.45. The highest BCUT2D eigenvalue weighted by Crippen LogP contribution is 2.38. The van der Waals surface area contributed by atoms with Crippen molar-refractivity contribution >= 4 is 11.6 Å². The Hall–Kier alpha value is -2.53. The SMILES string of the molecule is CCC(C)Oc1ccc(C2(C)Nc3ccccc3C(=O)N2CCOC)cc1. The molecule has 1 N–H and O–H groups in total. The van der Waals surface area contributed by atoms with Crippen LogP contribution in [0.5, 0.6) is 5.75 Å². The fourth-order valence-electron chi connectivity index (χ4n) is 3.37. The Morgan fingerprint density at radius 2 is 1.85 bits per heavy atom. The Balaban J connectivity index is 1.96. The van der Waals surface area contributed by atoms with E-state index in [4.69, 9.17) is 9.47 Å². The number of anilines is 1. The van der Waals surface area contributed by atoms with Gasteiger partial charge in [-0.3, -0.25) is 4.79 Å². The van der Waals surface area contributed by atoms with E-state index in [1.165, 1.54) is 0 Å². The summed E-state index contributed by atoms with van der Waals surface area (Å²) in [6.07, 6.45) is 1.13. The zero-order valence-corrected chi connectivity index (χ0v) is 16.5. The average molecular weight is 368 g/mol. The van der Waals surface area contributed by atoms with Crippen molar-refractivity contribution in [2.45, 2.75) is 39.0 Å². The third-order valence-electron chi connectivity index (χ3n) is 5.17. The maximum absolute atomic E-state index is 13.2. The fraction of sp³-hybridized carbons (Fsp3) is 0.409. The smallest absolute Gasteiger partial charge is 0.258 e. The number of nitrogens with zero attached hydrogens (tertiary/aromatic N) is 1. The van der Waals surface area contributed by atoms with E-state index in [2.05, 4.69) is 19.2 Å². The third-order valence-corrected chi connectivity index (χ3v) is 5.17. The molecule has 5 nitrogen and oxygen atoms in total. The molecule has 0 saturated heterocycles. The number of nitrogens with one attached hydrogen (secondary N) is 1. The maximum Gasteiger partial charge on any atom is 0.258 e. The molecule has 0 saturated carbocycles. The van der Waals surface area contributed by atoms with Crippen LogP contribution in [0, 0.1) is 0 Å². The summed E-state index contributed by atoms with van der Waals surface area (Å²) in [5, 5.41) is 3.56. The van der Waals surface area contributed by atoms with Crippen molar-refractivity contribution in [2.24, 2.45) is 0 Å². The molecule has 0 aliphatic carbocycles. The molecule has 2 unspecified atom stereocenters. The molecular formula is C22H28N2O3. The summed E-state index contributed by atoms with van der Waals surface area (Å²) in [4.78, 5) is 15.0. The average Bonchev–Trinajstić information content (AvgIpc) is 2.68. The Bertz CT molecular complexity index is 790. The van der Waals surface area contributed by atoms with Crippen molar-refractivity contribution in [1.82, 2.24) is 4.90 Å². The van der Waals surface area contributed by atoms with Crippen molar-refractivity contribution in [3.8, 4) is 5.75 Å². The number of ether oxygens (including phenoxy) is 2. The molecule has 2 aromatic carbocycles. The predicted octanol–water partition coefficient (Wildman–Crippen LogP) is 4.25. The number of fused-ring (bicyclic) bond motifs is 1. The van der Waals surface area contributed by atoms with Gasteiger partial charge in [-0.1, -0.05) is 31.2 Å². The lowest BCUT2D eigenvalue weighted by Crippen LogP contribution is -2.56. The van der Waals surface area contributed by atoms with Crippen molar-refractivity contribution in [2.75, 3.05) is 25.6 Å². The second kappa shape index (κ2) is 8.01. The van der Waals surface area contributed by atoms with Gasteiger partial charge >= 0.3 is 0 Å². The Kier molecular flexibility index (Phi) is 5.71. The molecule has 3 rings (SSSR count). The minimum Gasteiger partial charge on any atom is -0.491 e. The lowest BCUT2D eigenvalue weighted by Gasteiger charge is -2.46. The van der Waals surface area contributed by atoms with Crippen LogP contribution in [0.1, 0.15) is 43.1 Å². The van der Waals surface area contributed by atoms with Crippen LogP contribution >= 0.6 is 0 Å². The molecule has 0 radical (unpaired) electrons. The van der Waals surface area contributed by atoms with E-state index in [1.54, 1.807) is 7.11 Å². The highest BCUT2D eigenvalue weighted by Gasteiger charge is 2.42. The molecule has 0 fully saturated rings. The lowest BCUT2D eigenvalue weighted by atomic mass is 9.93. The number of carbonyl (C=O) groups is 1. The van der Waals surface area contributed by atoms with E-state index >= 15 is 0 Å². The lowest BCUT2D eigenvalue weighted by molar-refractivity contribution is 0.0438. The van der Waals surface area contributed by atoms with E-state index in [-0.39, 0.29) is 12.0 Å². The van der Waals surface area contributed by atoms with Gasteiger partial charge in [-0.25, -0.2) is 0 Å². The minimum atomic E-state index is -0.668. The zero-order chi connectivity index (χ0) is 19.4. The van der Waals surface area contributed by atoms with Gasteiger partial charge in [-0.2, -0.15) is 0 Å². The molecule has 2 atom stereocenters. The first kappa shape index (κ1) is 19.2. The summed E-state index contributed by atoms with van der Waals surface area (Å²) in [5.41, 5.74) is 1.86. The van der Waals surface area contributed by atoms with E-state index in [0.29, 0.717) is 18.7 Å². The van der Waals surface area contributed by atoms with E-state index in [9.17, 15) is 4.79 Å². The highest BCUT2D eigenvalue weighted by molar-refractivity contribution is 6.02. The number of hydrogen-bond donors (Lipinski definition) is 1. The monoisotopic (exact) mass is 368 g/mol. The molecule has 5 heteroatoms. The van der Waals surface area contributed by atoms with Gasteiger partial charge in [-0.15, -0.1) is 0 Å². The van der Waals surface area contributed by atoms with Gasteiger partial charge in [0.2, 0.25) is 0 Å². The molecule has 0 bridgehead atoms. The van der Waals surface area contributed by atoms with E-state index in [1.807, 2.05) is 60.4 Å². The second-order valence-electron chi connectivity index (χ2n) is 7.05. The molecule has 144 valence electrons. The largest absolute Gasteiger partial charge is 0.491 e. The van der Waals surface area contributed by atoms with E-state index in [0.717, 1.165) is 23.4 Å². The topological polar surface area (TPSA) is 50.8 Å². The van der Waals surface area contributed by atoms with Crippen LogP contribution in [0.4, 0.5) is 5.69 Å². The maximum atomic E-state index is 13.2. The second-order valence-corrected chi connectivity index (χ2v) is 7.05. The van der Waals surface area contributed by atoms with Crippen molar-refractivity contribution < 1.29 is 14.3 Å². The van der Waals surface area contributed by atoms with Crippen molar-refractivity contribution in [3.63, 3.8) is 0 Å². The van der Waals surface area contributed by atoms with Crippen LogP contribution in [-0.2, 0) is 10.4 Å². The van der Waals surface area contributed by atoms with Crippen LogP contribution in [-0.4, -0.2) is 37.2 Å². The normalized spacial score (nSPS) is 20.0. The summed E-state index contributed by atoms with van der Waals surface area (Å²) in [5.74, 6) is 0.839. The van der Waals surface area contributed by atoms with Crippen LogP contribution < -0.4 is 10.1 Å². The molecule has 1 amide bonds. The molecule has 1 aliphatic heterocycles. The third kappa shape index (κ3) is 3.78. The number of carbonyl (C=O) groups excluding carboxylic acids is 1. The Morgan fingerprint density at radius 3 is 2.52 bits per heavy atom. The van der Waals surface area contributed by atoms with Gasteiger partial charge < -0.3 is 19.7 Å². The van der Waals surface area contributed by atoms with Crippen LogP contribution in [0.2, 0.25) is 0 Å². The standard InChI is InChI=1S/C22H28N2O3/c1-5-16(2)27-18-12-10-17(11-13-18)22(3)23-20-9-7-6-8-19(20)21(25)24(22)14-15-26-4/h6-13,16,23H,5,14-15H2,1-4H3. The summed E-state index contributed by atoms with van der Waals surface area (Å²) in [7, 11) is 1.65. The number of amides is 1. The van der Waals surface area contributed by atoms with Gasteiger partial charge in [0.1, 0.15) is 11.4 Å². The molecule has 27 heavy (non-hydrogen) atoms. The Morgan fingerprint density at radius 1 is 1.15 bits per heavy atom. The van der Waals surface area contributed by atoms with Crippen LogP contribution in [0.25, 0.3) is 0 Å². The van der Waals surface area contributed by atoms with Gasteiger partial charge in [-0.05, 0) is 50.1 Å². The Labute approximate surface area is 161 Å². The number of methoxy groups -OCH3 is 1. The van der Waals surface area contributed by atoms with E-state index < -0.39 is 5.66 Å². The van der Waals surface area contributed by atoms with Crippen LogP contribution in [0.15, 0.2) is 48.5 Å². The fourth-order valence-corrected chi connectivity index (χ4v) is 3.37. The molecular weight excluding hydrogens is 340 g/mol. The number of hydrogen-bond acceptors (Lipinski definition) is 4. The highest BCUT2D eigenvalue weighted by atomic mass is 16.5. The van der Waals surface area contributed by atoms with Gasteiger partial charge in [0.25, 0.3) is 5.91 Å². The number of para-hydroxylation sites is 1. The molecule has 1 aliphatic rings. The summed E-state index contributed by atoms with van der Waals surface area (Å²) < 4.78 is 11.1. The molecule has 1 heterocycles. The van der Waals surface area contributed by atoms with Crippen molar-refractivity contribution in [1.29, 1.82) is 0 Å². The number of benzene rings is 2. The summed E-state index contributed by atoms with van der Waals surface area (Å²) in [6, 6.07) is 15.6. The first-order chi connectivity index (χ1) is 13.0. The van der Waals surface area contributed by atoms with Gasteiger partial charge in [0, 0.05) is 19.3 Å². The first-order valence-corrected chi connectivity index (χ1v) is 9.45. The summed E-state index contributed by atoms with van der Waals surface area (Å²) in [6.45, 7) is 7.16. The van der Waals surface area contributed by atoms with Gasteiger partial charge in [0.05, 0.1) is 18.3 Å². The minimum absolute atomic E-state index is 0.00355. The van der Waals surface area contributed by atoms with Crippen molar-refractivity contribution in [3.05, 3.63) is 59.7 Å². The quantitative estimate of drug-likeness (QED) is 0.794. The molecule has 0 aromatic heterocycles. The number of rotatable bonds is 7. The zero-order valence-electron chi connectivity index (χ0n) is 16.5. The van der Waals surface area contributed by atoms with Crippen LogP contribution in [0.3, 0.4) is 0 Å². The predicted molar refractivity (Wildman–Crippen MR) is 107 cm³/mol. The summed E-state index contributed by atoms with van der Waals surface area (Å²) >= 11 is 0. The molecule has 0 spiro atoms. The molecule has 2 aromatic rings.